The summed E-state index contributed by atoms with van der Waals surface area (Å²) >= 11 is 1.48. The number of carbonyl (C=O) groups is 2. The van der Waals surface area contributed by atoms with Gasteiger partial charge in [0.05, 0.1) is 18.9 Å². The third-order valence-electron chi connectivity index (χ3n) is 3.99. The first-order chi connectivity index (χ1) is 11.7. The number of ether oxygens (including phenoxy) is 1. The summed E-state index contributed by atoms with van der Waals surface area (Å²) < 4.78 is 10.1. The van der Waals surface area contributed by atoms with Crippen LogP contribution in [0.3, 0.4) is 0 Å². The van der Waals surface area contributed by atoms with Crippen LogP contribution in [0.4, 0.5) is 5.00 Å². The van der Waals surface area contributed by atoms with E-state index in [0.29, 0.717) is 16.3 Å². The number of fused-ring (bicyclic) bond motifs is 1. The van der Waals surface area contributed by atoms with E-state index in [0.717, 1.165) is 37.7 Å². The van der Waals surface area contributed by atoms with Gasteiger partial charge in [-0.2, -0.15) is 0 Å². The highest BCUT2D eigenvalue weighted by atomic mass is 32.1. The van der Waals surface area contributed by atoms with Gasteiger partial charge in [0, 0.05) is 11.0 Å². The van der Waals surface area contributed by atoms with Gasteiger partial charge >= 0.3 is 5.97 Å². The summed E-state index contributed by atoms with van der Waals surface area (Å²) in [5, 5.41) is 3.39. The Morgan fingerprint density at radius 2 is 2.12 bits per heavy atom. The number of aryl methyl sites for hydroxylation is 1. The fourth-order valence-corrected chi connectivity index (χ4v) is 4.13. The standard InChI is InChI=1S/C18H19NO4S/c1-22-18(21)16-13-7-3-2-4-8-14(13)24-17(16)19-15(20)10-9-12-6-5-11-23-12/h5-6,9-11H,2-4,7-8H2,1H3,(H,19,20)/b10-9+. The van der Waals surface area contributed by atoms with E-state index in [9.17, 15) is 9.59 Å². The van der Waals surface area contributed by atoms with Crippen molar-refractivity contribution >= 4 is 34.3 Å². The van der Waals surface area contributed by atoms with Crippen molar-refractivity contribution in [3.63, 3.8) is 0 Å². The van der Waals surface area contributed by atoms with Gasteiger partial charge in [0.25, 0.3) is 0 Å². The highest BCUT2D eigenvalue weighted by molar-refractivity contribution is 7.17. The number of hydrogen-bond donors (Lipinski definition) is 1. The van der Waals surface area contributed by atoms with E-state index in [1.807, 2.05) is 0 Å². The van der Waals surface area contributed by atoms with E-state index in [4.69, 9.17) is 9.15 Å². The van der Waals surface area contributed by atoms with Crippen LogP contribution in [0.5, 0.6) is 0 Å². The van der Waals surface area contributed by atoms with Crippen molar-refractivity contribution in [2.45, 2.75) is 32.1 Å². The molecule has 6 heteroatoms. The number of rotatable bonds is 4. The van der Waals surface area contributed by atoms with Crippen LogP contribution in [0.25, 0.3) is 6.08 Å². The topological polar surface area (TPSA) is 68.5 Å². The van der Waals surface area contributed by atoms with Gasteiger partial charge in [-0.3, -0.25) is 4.79 Å². The Balaban J connectivity index is 1.84. The van der Waals surface area contributed by atoms with Crippen molar-refractivity contribution < 1.29 is 18.7 Å². The first-order valence-corrected chi connectivity index (χ1v) is 8.76. The van der Waals surface area contributed by atoms with Crippen molar-refractivity contribution in [1.29, 1.82) is 0 Å². The highest BCUT2D eigenvalue weighted by Gasteiger charge is 2.25. The zero-order valence-electron chi connectivity index (χ0n) is 13.5. The average molecular weight is 345 g/mol. The molecule has 0 atom stereocenters. The number of carbonyl (C=O) groups excluding carboxylic acids is 2. The Morgan fingerprint density at radius 3 is 2.88 bits per heavy atom. The molecule has 24 heavy (non-hydrogen) atoms. The van der Waals surface area contributed by atoms with Gasteiger partial charge in [-0.15, -0.1) is 11.3 Å². The summed E-state index contributed by atoms with van der Waals surface area (Å²) in [6.45, 7) is 0. The van der Waals surface area contributed by atoms with E-state index in [1.54, 1.807) is 24.5 Å². The average Bonchev–Trinajstić information content (AvgIpc) is 3.15. The molecule has 2 heterocycles. The summed E-state index contributed by atoms with van der Waals surface area (Å²) in [5.41, 5.74) is 1.55. The second-order valence-electron chi connectivity index (χ2n) is 5.60. The van der Waals surface area contributed by atoms with Crippen LogP contribution >= 0.6 is 11.3 Å². The maximum absolute atomic E-state index is 12.2. The van der Waals surface area contributed by atoms with Gasteiger partial charge in [0.1, 0.15) is 10.8 Å². The number of nitrogens with one attached hydrogen (secondary N) is 1. The Kier molecular flexibility index (Phi) is 5.15. The normalized spacial score (nSPS) is 14.2. The first-order valence-electron chi connectivity index (χ1n) is 7.94. The lowest BCUT2D eigenvalue weighted by Gasteiger charge is -2.06. The van der Waals surface area contributed by atoms with Gasteiger partial charge in [0.15, 0.2) is 0 Å². The molecule has 1 amide bonds. The molecule has 0 unspecified atom stereocenters. The number of anilines is 1. The summed E-state index contributed by atoms with van der Waals surface area (Å²) in [6.07, 6.45) is 9.66. The molecule has 1 aliphatic rings. The maximum Gasteiger partial charge on any atom is 0.341 e. The molecule has 0 radical (unpaired) electrons. The summed E-state index contributed by atoms with van der Waals surface area (Å²) in [4.78, 5) is 25.6. The third-order valence-corrected chi connectivity index (χ3v) is 5.20. The van der Waals surface area contributed by atoms with Crippen LogP contribution in [0.15, 0.2) is 28.9 Å². The molecule has 0 spiro atoms. The SMILES string of the molecule is COC(=O)c1c(NC(=O)/C=C/c2ccco2)sc2c1CCCCC2. The van der Waals surface area contributed by atoms with Gasteiger partial charge in [0.2, 0.25) is 5.91 Å². The minimum Gasteiger partial charge on any atom is -0.465 e. The van der Waals surface area contributed by atoms with E-state index in [1.165, 1.54) is 29.4 Å². The van der Waals surface area contributed by atoms with Crippen LogP contribution in [0.2, 0.25) is 0 Å². The van der Waals surface area contributed by atoms with Crippen molar-refractivity contribution in [3.05, 3.63) is 46.2 Å². The zero-order chi connectivity index (χ0) is 16.9. The fourth-order valence-electron chi connectivity index (χ4n) is 2.85. The zero-order valence-corrected chi connectivity index (χ0v) is 14.3. The number of amides is 1. The molecule has 2 aromatic rings. The van der Waals surface area contributed by atoms with E-state index in [2.05, 4.69) is 5.32 Å². The lowest BCUT2D eigenvalue weighted by Crippen LogP contribution is -2.12. The Hall–Kier alpha value is -2.34. The monoisotopic (exact) mass is 345 g/mol. The van der Waals surface area contributed by atoms with Crippen LogP contribution in [0, 0.1) is 0 Å². The Morgan fingerprint density at radius 1 is 1.29 bits per heavy atom. The first kappa shape index (κ1) is 16.5. The summed E-state index contributed by atoms with van der Waals surface area (Å²) in [6, 6.07) is 3.51. The van der Waals surface area contributed by atoms with E-state index in [-0.39, 0.29) is 11.9 Å². The molecular formula is C18H19NO4S. The van der Waals surface area contributed by atoms with Crippen molar-refractivity contribution in [1.82, 2.24) is 0 Å². The number of methoxy groups -OCH3 is 1. The second kappa shape index (κ2) is 7.49. The molecule has 3 rings (SSSR count). The van der Waals surface area contributed by atoms with Crippen LogP contribution in [-0.2, 0) is 22.4 Å². The third kappa shape index (κ3) is 3.59. The highest BCUT2D eigenvalue weighted by Crippen LogP contribution is 2.37. The summed E-state index contributed by atoms with van der Waals surface area (Å²) in [5.74, 6) is -0.0898. The molecule has 0 aliphatic heterocycles. The minimum atomic E-state index is -0.389. The molecular weight excluding hydrogens is 326 g/mol. The molecule has 2 aromatic heterocycles. The fraction of sp³-hybridized carbons (Fsp3) is 0.333. The largest absolute Gasteiger partial charge is 0.465 e. The van der Waals surface area contributed by atoms with Gasteiger partial charge < -0.3 is 14.5 Å². The van der Waals surface area contributed by atoms with Crippen LogP contribution in [0.1, 0.15) is 45.8 Å². The molecule has 0 bridgehead atoms. The molecule has 1 aliphatic carbocycles. The molecule has 0 saturated heterocycles. The lowest BCUT2D eigenvalue weighted by atomic mass is 10.1. The van der Waals surface area contributed by atoms with Crippen molar-refractivity contribution in [3.8, 4) is 0 Å². The van der Waals surface area contributed by atoms with Gasteiger partial charge in [-0.05, 0) is 49.5 Å². The number of esters is 1. The number of hydrogen-bond acceptors (Lipinski definition) is 5. The molecule has 5 nitrogen and oxygen atoms in total. The number of thiophene rings is 1. The number of furan rings is 1. The van der Waals surface area contributed by atoms with Crippen LogP contribution < -0.4 is 5.32 Å². The predicted molar refractivity (Wildman–Crippen MR) is 93.3 cm³/mol. The molecule has 126 valence electrons. The quantitative estimate of drug-likeness (QED) is 0.516. The maximum atomic E-state index is 12.2. The second-order valence-corrected chi connectivity index (χ2v) is 6.70. The minimum absolute atomic E-state index is 0.298. The van der Waals surface area contributed by atoms with E-state index < -0.39 is 0 Å². The predicted octanol–water partition coefficient (Wildman–Crippen LogP) is 4.05. The van der Waals surface area contributed by atoms with Crippen molar-refractivity contribution in [2.24, 2.45) is 0 Å². The van der Waals surface area contributed by atoms with Gasteiger partial charge in [-0.25, -0.2) is 4.79 Å². The molecule has 0 saturated carbocycles. The van der Waals surface area contributed by atoms with E-state index >= 15 is 0 Å². The van der Waals surface area contributed by atoms with Gasteiger partial charge in [-0.1, -0.05) is 6.42 Å². The Labute approximate surface area is 144 Å². The van der Waals surface area contributed by atoms with Crippen molar-refractivity contribution in [2.75, 3.05) is 12.4 Å². The molecule has 1 N–H and O–H groups in total. The summed E-state index contributed by atoms with van der Waals surface area (Å²) in [7, 11) is 1.37. The lowest BCUT2D eigenvalue weighted by molar-refractivity contribution is -0.111. The molecule has 0 fully saturated rings. The smallest absolute Gasteiger partial charge is 0.341 e. The molecule has 0 aromatic carbocycles. The Bertz CT molecular complexity index is 758. The van der Waals surface area contributed by atoms with Crippen LogP contribution in [-0.4, -0.2) is 19.0 Å².